The number of allylic oxidation sites excluding steroid dienone is 1. The Morgan fingerprint density at radius 1 is 1.28 bits per heavy atom. The van der Waals surface area contributed by atoms with Gasteiger partial charge in [-0.2, -0.15) is 13.2 Å². The maximum Gasteiger partial charge on any atom is 0.490 e. The average Bonchev–Trinajstić information content (AvgIpc) is 2.66. The number of hydrogen-bond acceptors (Lipinski definition) is 4. The van der Waals surface area contributed by atoms with Crippen molar-refractivity contribution in [1.29, 1.82) is 0 Å². The van der Waals surface area contributed by atoms with Gasteiger partial charge in [0.25, 0.3) is 0 Å². The van der Waals surface area contributed by atoms with Gasteiger partial charge in [-0.05, 0) is 49.3 Å². The van der Waals surface area contributed by atoms with Crippen molar-refractivity contribution in [1.82, 2.24) is 9.88 Å². The topological polar surface area (TPSA) is 96.5 Å². The van der Waals surface area contributed by atoms with Gasteiger partial charge in [0.15, 0.2) is 0 Å². The number of nitrogens with two attached hydrogens (primary N) is 1. The summed E-state index contributed by atoms with van der Waals surface area (Å²) in [6.07, 6.45) is 0.594. The van der Waals surface area contributed by atoms with Crippen LogP contribution < -0.4 is 5.73 Å². The van der Waals surface area contributed by atoms with Crippen LogP contribution in [0.3, 0.4) is 0 Å². The molecule has 2 aromatic rings. The normalized spacial score (nSPS) is 19.4. The van der Waals surface area contributed by atoms with Gasteiger partial charge in [0.1, 0.15) is 0 Å². The van der Waals surface area contributed by atoms with Crippen LogP contribution in [-0.2, 0) is 16.0 Å². The fraction of sp³-hybridized carbons (Fsp3) is 0.409. The first-order valence-corrected chi connectivity index (χ1v) is 10.3. The van der Waals surface area contributed by atoms with Gasteiger partial charge in [0, 0.05) is 47.9 Å². The molecule has 32 heavy (non-hydrogen) atoms. The molecule has 0 spiro atoms. The van der Waals surface area contributed by atoms with Gasteiger partial charge in [0.05, 0.1) is 5.52 Å². The van der Waals surface area contributed by atoms with Crippen LogP contribution in [0.15, 0.2) is 29.8 Å². The molecule has 10 heteroatoms. The number of amides is 1. The zero-order valence-electron chi connectivity index (χ0n) is 17.5. The van der Waals surface area contributed by atoms with Crippen LogP contribution >= 0.6 is 11.6 Å². The van der Waals surface area contributed by atoms with Crippen molar-refractivity contribution in [3.05, 3.63) is 46.1 Å². The molecule has 1 aromatic heterocycles. The Morgan fingerprint density at radius 3 is 2.53 bits per heavy atom. The molecule has 2 aliphatic carbocycles. The summed E-state index contributed by atoms with van der Waals surface area (Å²) in [6, 6.07) is 5.71. The highest BCUT2D eigenvalue weighted by Gasteiger charge is 2.38. The molecule has 172 valence electrons. The van der Waals surface area contributed by atoms with Crippen molar-refractivity contribution in [2.24, 2.45) is 5.92 Å². The Labute approximate surface area is 187 Å². The van der Waals surface area contributed by atoms with Gasteiger partial charge in [-0.25, -0.2) is 4.79 Å². The summed E-state index contributed by atoms with van der Waals surface area (Å²) in [5.41, 5.74) is 11.8. The van der Waals surface area contributed by atoms with Gasteiger partial charge in [-0.15, -0.1) is 0 Å². The minimum absolute atomic E-state index is 0.158. The zero-order chi connectivity index (χ0) is 23.8. The number of hydrogen-bond donors (Lipinski definition) is 2. The lowest BCUT2D eigenvalue weighted by molar-refractivity contribution is -0.192. The number of nitrogens with zero attached hydrogens (tertiary/aromatic N) is 2. The van der Waals surface area contributed by atoms with Crippen LogP contribution in [0.1, 0.15) is 36.4 Å². The molecular weight excluding hydrogens is 447 g/mol. The number of carbonyl (C=O) groups excluding carboxylic acids is 1. The standard InChI is InChI=1S/C20H22ClN3O.C2HF3O2/c1-24(2)18(25)9-12-5-11-6-13(7-12)19-17(8-11)23-16-10-14(21)3-4-15(16)20(19)22;3-2(4,5)1(6)7/h3-5,10-11,13H,6-9H2,1-2H3,(H2,22,23);(H,6,7). The summed E-state index contributed by atoms with van der Waals surface area (Å²) in [4.78, 5) is 27.5. The monoisotopic (exact) mass is 469 g/mol. The number of carboxylic acids is 1. The molecule has 1 amide bonds. The van der Waals surface area contributed by atoms with E-state index in [2.05, 4.69) is 6.08 Å². The third-order valence-electron chi connectivity index (χ3n) is 5.66. The second-order valence-electron chi connectivity index (χ2n) is 8.24. The quantitative estimate of drug-likeness (QED) is 0.628. The molecule has 2 aliphatic rings. The van der Waals surface area contributed by atoms with Crippen molar-refractivity contribution < 1.29 is 27.9 Å². The smallest absolute Gasteiger partial charge is 0.475 e. The highest BCUT2D eigenvalue weighted by molar-refractivity contribution is 6.31. The van der Waals surface area contributed by atoms with Crippen molar-refractivity contribution in [3.63, 3.8) is 0 Å². The third-order valence-corrected chi connectivity index (χ3v) is 5.89. The molecule has 2 bridgehead atoms. The molecule has 2 atom stereocenters. The van der Waals surface area contributed by atoms with E-state index in [-0.39, 0.29) is 5.91 Å². The number of carbonyl (C=O) groups is 2. The van der Waals surface area contributed by atoms with Gasteiger partial charge < -0.3 is 15.7 Å². The number of pyridine rings is 1. The minimum atomic E-state index is -5.08. The maximum atomic E-state index is 12.1. The molecule has 0 saturated carbocycles. The van der Waals surface area contributed by atoms with E-state index in [1.54, 1.807) is 19.0 Å². The van der Waals surface area contributed by atoms with Crippen LogP contribution in [0, 0.1) is 5.92 Å². The number of anilines is 1. The average molecular weight is 470 g/mol. The lowest BCUT2D eigenvalue weighted by Gasteiger charge is -2.36. The highest BCUT2D eigenvalue weighted by atomic mass is 35.5. The number of nitrogen functional groups attached to an aromatic ring is 1. The van der Waals surface area contributed by atoms with Crippen molar-refractivity contribution >= 4 is 40.1 Å². The van der Waals surface area contributed by atoms with Crippen LogP contribution in [0.2, 0.25) is 5.02 Å². The summed E-state index contributed by atoms with van der Waals surface area (Å²) in [6.45, 7) is 0. The molecular formula is C22H23ClF3N3O3. The molecule has 1 heterocycles. The number of rotatable bonds is 2. The SMILES string of the molecule is CN(C)C(=O)CC1=CC2Cc3nc4cc(Cl)ccc4c(N)c3C(C1)C2.O=C(O)C(F)(F)F. The van der Waals surface area contributed by atoms with Crippen molar-refractivity contribution in [3.8, 4) is 0 Å². The van der Waals surface area contributed by atoms with E-state index in [0.29, 0.717) is 23.3 Å². The predicted octanol–water partition coefficient (Wildman–Crippen LogP) is 4.56. The second-order valence-corrected chi connectivity index (χ2v) is 8.68. The van der Waals surface area contributed by atoms with E-state index in [0.717, 1.165) is 41.5 Å². The number of benzene rings is 1. The Bertz CT molecular complexity index is 1100. The Hall–Kier alpha value is -2.81. The Kier molecular flexibility index (Phi) is 6.69. The first-order chi connectivity index (χ1) is 14.9. The van der Waals surface area contributed by atoms with Gasteiger partial charge in [-0.3, -0.25) is 9.78 Å². The summed E-state index contributed by atoms with van der Waals surface area (Å²) in [7, 11) is 3.61. The highest BCUT2D eigenvalue weighted by Crippen LogP contribution is 2.47. The summed E-state index contributed by atoms with van der Waals surface area (Å²) < 4.78 is 31.7. The van der Waals surface area contributed by atoms with Crippen LogP contribution in [0.25, 0.3) is 10.9 Å². The van der Waals surface area contributed by atoms with Crippen LogP contribution in [0.5, 0.6) is 0 Å². The number of fused-ring (bicyclic) bond motifs is 5. The van der Waals surface area contributed by atoms with Crippen molar-refractivity contribution in [2.45, 2.75) is 37.8 Å². The van der Waals surface area contributed by atoms with Gasteiger partial charge in [-0.1, -0.05) is 23.3 Å². The molecule has 2 unspecified atom stereocenters. The Balaban J connectivity index is 0.000000360. The molecule has 0 fully saturated rings. The van der Waals surface area contributed by atoms with E-state index >= 15 is 0 Å². The second kappa shape index (κ2) is 8.97. The molecule has 1 aromatic carbocycles. The first kappa shape index (κ1) is 23.8. The molecule has 3 N–H and O–H groups in total. The van der Waals surface area contributed by atoms with E-state index in [1.807, 2.05) is 18.2 Å². The van der Waals surface area contributed by atoms with Crippen molar-refractivity contribution in [2.75, 3.05) is 19.8 Å². The number of carboxylic acid groups (broad SMARTS) is 1. The number of aromatic nitrogens is 1. The molecule has 0 saturated heterocycles. The van der Waals surface area contributed by atoms with E-state index in [1.165, 1.54) is 11.1 Å². The lowest BCUT2D eigenvalue weighted by Crippen LogP contribution is -2.27. The van der Waals surface area contributed by atoms with Gasteiger partial charge >= 0.3 is 12.1 Å². The van der Waals surface area contributed by atoms with Crippen LogP contribution in [-0.4, -0.2) is 47.1 Å². The first-order valence-electron chi connectivity index (χ1n) is 9.94. The predicted molar refractivity (Wildman–Crippen MR) is 115 cm³/mol. The molecule has 0 aliphatic heterocycles. The number of aliphatic carboxylic acids is 1. The van der Waals surface area contributed by atoms with E-state index in [4.69, 9.17) is 32.2 Å². The fourth-order valence-electron chi connectivity index (χ4n) is 4.27. The number of halogens is 4. The van der Waals surface area contributed by atoms with E-state index < -0.39 is 12.1 Å². The maximum absolute atomic E-state index is 12.1. The zero-order valence-corrected chi connectivity index (χ0v) is 18.3. The molecule has 4 rings (SSSR count). The van der Waals surface area contributed by atoms with Gasteiger partial charge in [0.2, 0.25) is 5.91 Å². The summed E-state index contributed by atoms with van der Waals surface area (Å²) in [5, 5.41) is 8.78. The number of alkyl halides is 3. The minimum Gasteiger partial charge on any atom is -0.475 e. The largest absolute Gasteiger partial charge is 0.490 e. The third kappa shape index (κ3) is 5.15. The summed E-state index contributed by atoms with van der Waals surface area (Å²) >= 11 is 6.12. The summed E-state index contributed by atoms with van der Waals surface area (Å²) in [5.74, 6) is -1.80. The molecule has 0 radical (unpaired) electrons. The Morgan fingerprint density at radius 2 is 1.94 bits per heavy atom. The lowest BCUT2D eigenvalue weighted by atomic mass is 9.70. The molecule has 6 nitrogen and oxygen atoms in total. The van der Waals surface area contributed by atoms with Crippen LogP contribution in [0.4, 0.5) is 18.9 Å². The fourth-order valence-corrected chi connectivity index (χ4v) is 4.44. The van der Waals surface area contributed by atoms with E-state index in [9.17, 15) is 18.0 Å².